The minimum atomic E-state index is -0.604. The van der Waals surface area contributed by atoms with E-state index in [1.54, 1.807) is 36.1 Å². The van der Waals surface area contributed by atoms with Crippen LogP contribution in [0.2, 0.25) is 0 Å². The number of nitrogens with one attached hydrogen (secondary N) is 2. The van der Waals surface area contributed by atoms with Crippen LogP contribution in [0.4, 0.5) is 11.4 Å². The summed E-state index contributed by atoms with van der Waals surface area (Å²) in [5, 5.41) is 5.29. The minimum absolute atomic E-state index is 0.0785. The number of halogens is 1. The van der Waals surface area contributed by atoms with E-state index in [1.165, 1.54) is 0 Å². The van der Waals surface area contributed by atoms with Crippen LogP contribution in [0, 0.1) is 0 Å². The number of hydrogen-bond acceptors (Lipinski definition) is 4. The first-order valence-corrected chi connectivity index (χ1v) is 9.63. The molecule has 0 unspecified atom stereocenters. The van der Waals surface area contributed by atoms with Crippen molar-refractivity contribution in [3.63, 3.8) is 0 Å². The average molecular weight is 446 g/mol. The fraction of sp³-hybridized carbons (Fsp3) is 0.250. The summed E-state index contributed by atoms with van der Waals surface area (Å²) in [5.41, 5.74) is 1.27. The van der Waals surface area contributed by atoms with Crippen molar-refractivity contribution in [2.24, 2.45) is 0 Å². The molecule has 8 heteroatoms. The summed E-state index contributed by atoms with van der Waals surface area (Å²) in [6.45, 7) is 1.74. The maximum Gasteiger partial charge on any atom is 0.267 e. The van der Waals surface area contributed by atoms with Gasteiger partial charge in [0.2, 0.25) is 11.8 Å². The van der Waals surface area contributed by atoms with E-state index in [9.17, 15) is 14.4 Å². The number of carbonyl (C=O) groups is 3. The Balaban J connectivity index is 1.51. The van der Waals surface area contributed by atoms with E-state index < -0.39 is 6.10 Å². The first kappa shape index (κ1) is 19.9. The topological polar surface area (TPSA) is 87.7 Å². The van der Waals surface area contributed by atoms with Gasteiger partial charge in [-0.1, -0.05) is 24.3 Å². The number of benzene rings is 2. The first-order valence-electron chi connectivity index (χ1n) is 8.84. The van der Waals surface area contributed by atoms with Crippen LogP contribution in [0.1, 0.15) is 13.3 Å². The summed E-state index contributed by atoms with van der Waals surface area (Å²) in [4.78, 5) is 38.1. The zero-order valence-corrected chi connectivity index (χ0v) is 16.9. The lowest BCUT2D eigenvalue weighted by Gasteiger charge is -2.32. The summed E-state index contributed by atoms with van der Waals surface area (Å²) in [6, 6.07) is 14.4. The van der Waals surface area contributed by atoms with E-state index in [1.807, 2.05) is 24.3 Å². The number of para-hydroxylation sites is 3. The van der Waals surface area contributed by atoms with E-state index in [0.717, 1.165) is 4.47 Å². The predicted molar refractivity (Wildman–Crippen MR) is 109 cm³/mol. The Bertz CT molecular complexity index is 903. The lowest BCUT2D eigenvalue weighted by atomic mass is 10.1. The van der Waals surface area contributed by atoms with Crippen LogP contribution in [-0.2, 0) is 14.4 Å². The maximum atomic E-state index is 12.4. The fourth-order valence-corrected chi connectivity index (χ4v) is 3.21. The first-order chi connectivity index (χ1) is 13.5. The van der Waals surface area contributed by atoms with Crippen molar-refractivity contribution in [1.82, 2.24) is 5.32 Å². The van der Waals surface area contributed by atoms with Crippen LogP contribution < -0.4 is 20.3 Å². The van der Waals surface area contributed by atoms with E-state index in [4.69, 9.17) is 4.74 Å². The summed E-state index contributed by atoms with van der Waals surface area (Å²) >= 11 is 3.35. The Morgan fingerprint density at radius 1 is 1.11 bits per heavy atom. The third kappa shape index (κ3) is 4.69. The molecular formula is C20H20BrN3O4. The monoisotopic (exact) mass is 445 g/mol. The molecule has 2 aromatic rings. The molecule has 1 atom stereocenters. The molecule has 0 saturated carbocycles. The molecule has 7 nitrogen and oxygen atoms in total. The molecule has 1 heterocycles. The van der Waals surface area contributed by atoms with Gasteiger partial charge in [0.25, 0.3) is 5.91 Å². The molecule has 0 saturated heterocycles. The number of amides is 3. The van der Waals surface area contributed by atoms with Crippen LogP contribution in [0.3, 0.4) is 0 Å². The minimum Gasteiger partial charge on any atom is -0.479 e. The molecule has 2 aromatic carbocycles. The van der Waals surface area contributed by atoms with Gasteiger partial charge in [-0.3, -0.25) is 14.4 Å². The Morgan fingerprint density at radius 3 is 2.61 bits per heavy atom. The van der Waals surface area contributed by atoms with Crippen molar-refractivity contribution in [2.75, 3.05) is 23.3 Å². The molecule has 28 heavy (non-hydrogen) atoms. The Hall–Kier alpha value is -2.87. The SMILES string of the molecule is C[C@H]1Oc2ccccc2N(CCC(=O)NCC(=O)Nc2ccccc2Br)C1=O. The number of anilines is 2. The zero-order chi connectivity index (χ0) is 20.1. The van der Waals surface area contributed by atoms with Gasteiger partial charge in [-0.2, -0.15) is 0 Å². The smallest absolute Gasteiger partial charge is 0.267 e. The highest BCUT2D eigenvalue weighted by molar-refractivity contribution is 9.10. The highest BCUT2D eigenvalue weighted by atomic mass is 79.9. The van der Waals surface area contributed by atoms with Crippen LogP contribution >= 0.6 is 15.9 Å². The second kappa shape index (κ2) is 8.88. The van der Waals surface area contributed by atoms with Crippen LogP contribution in [0.5, 0.6) is 5.75 Å². The third-order valence-corrected chi connectivity index (χ3v) is 4.92. The summed E-state index contributed by atoms with van der Waals surface area (Å²) in [6.07, 6.45) is -0.525. The summed E-state index contributed by atoms with van der Waals surface area (Å²) in [5.74, 6) is -0.227. The molecule has 3 rings (SSSR count). The quantitative estimate of drug-likeness (QED) is 0.715. The van der Waals surface area contributed by atoms with E-state index in [2.05, 4.69) is 26.6 Å². The highest BCUT2D eigenvalue weighted by Gasteiger charge is 2.31. The highest BCUT2D eigenvalue weighted by Crippen LogP contribution is 2.33. The van der Waals surface area contributed by atoms with E-state index in [-0.39, 0.29) is 37.2 Å². The molecule has 0 aromatic heterocycles. The van der Waals surface area contributed by atoms with E-state index in [0.29, 0.717) is 17.1 Å². The van der Waals surface area contributed by atoms with Gasteiger partial charge in [-0.05, 0) is 47.1 Å². The summed E-state index contributed by atoms with van der Waals surface area (Å²) in [7, 11) is 0. The van der Waals surface area contributed by atoms with Gasteiger partial charge in [-0.15, -0.1) is 0 Å². The molecule has 0 radical (unpaired) electrons. The van der Waals surface area contributed by atoms with Crippen molar-refractivity contribution >= 4 is 45.0 Å². The summed E-state index contributed by atoms with van der Waals surface area (Å²) < 4.78 is 6.34. The number of nitrogens with zero attached hydrogens (tertiary/aromatic N) is 1. The van der Waals surface area contributed by atoms with Gasteiger partial charge in [0, 0.05) is 17.4 Å². The molecule has 0 fully saturated rings. The van der Waals surface area contributed by atoms with Gasteiger partial charge in [0.1, 0.15) is 5.75 Å². The van der Waals surface area contributed by atoms with Gasteiger partial charge >= 0.3 is 0 Å². The number of ether oxygens (including phenoxy) is 1. The van der Waals surface area contributed by atoms with Crippen molar-refractivity contribution in [2.45, 2.75) is 19.4 Å². The Kier molecular flexibility index (Phi) is 6.30. The number of rotatable bonds is 6. The van der Waals surface area contributed by atoms with Crippen LogP contribution in [0.15, 0.2) is 53.0 Å². The van der Waals surface area contributed by atoms with Crippen molar-refractivity contribution < 1.29 is 19.1 Å². The second-order valence-corrected chi connectivity index (χ2v) is 7.13. The van der Waals surface area contributed by atoms with Gasteiger partial charge < -0.3 is 20.3 Å². The van der Waals surface area contributed by atoms with Gasteiger partial charge in [0.05, 0.1) is 17.9 Å². The number of hydrogen-bond donors (Lipinski definition) is 2. The van der Waals surface area contributed by atoms with Crippen molar-refractivity contribution in [3.8, 4) is 5.75 Å². The zero-order valence-electron chi connectivity index (χ0n) is 15.3. The molecule has 0 aliphatic carbocycles. The predicted octanol–water partition coefficient (Wildman–Crippen LogP) is 2.71. The molecule has 2 N–H and O–H groups in total. The lowest BCUT2D eigenvalue weighted by Crippen LogP contribution is -2.46. The van der Waals surface area contributed by atoms with Gasteiger partial charge in [-0.25, -0.2) is 0 Å². The third-order valence-electron chi connectivity index (χ3n) is 4.23. The number of carbonyl (C=O) groups excluding carboxylic acids is 3. The molecule has 1 aliphatic rings. The fourth-order valence-electron chi connectivity index (χ4n) is 2.83. The van der Waals surface area contributed by atoms with Crippen LogP contribution in [-0.4, -0.2) is 36.9 Å². The molecule has 0 bridgehead atoms. The largest absolute Gasteiger partial charge is 0.479 e. The molecule has 1 aliphatic heterocycles. The molecule has 3 amide bonds. The van der Waals surface area contributed by atoms with E-state index >= 15 is 0 Å². The normalized spacial score (nSPS) is 15.4. The van der Waals surface area contributed by atoms with Gasteiger partial charge in [0.15, 0.2) is 6.10 Å². The Labute approximate surface area is 171 Å². The standard InChI is InChI=1S/C20H20BrN3O4/c1-13-20(27)24(16-8-4-5-9-17(16)28-13)11-10-18(25)22-12-19(26)23-15-7-3-2-6-14(15)21/h2-9,13H,10-12H2,1H3,(H,22,25)(H,23,26)/t13-/m1/s1. The van der Waals surface area contributed by atoms with Crippen molar-refractivity contribution in [3.05, 3.63) is 53.0 Å². The average Bonchev–Trinajstić information content (AvgIpc) is 2.68. The maximum absolute atomic E-state index is 12.4. The second-order valence-electron chi connectivity index (χ2n) is 6.27. The Morgan fingerprint density at radius 2 is 1.82 bits per heavy atom. The lowest BCUT2D eigenvalue weighted by molar-refractivity contribution is -0.126. The number of fused-ring (bicyclic) bond motifs is 1. The molecule has 146 valence electrons. The van der Waals surface area contributed by atoms with Crippen molar-refractivity contribution in [1.29, 1.82) is 0 Å². The molecule has 0 spiro atoms. The molecular weight excluding hydrogens is 426 g/mol. The van der Waals surface area contributed by atoms with Crippen LogP contribution in [0.25, 0.3) is 0 Å².